The van der Waals surface area contributed by atoms with Crippen LogP contribution in [0.15, 0.2) is 54.6 Å². The lowest BCUT2D eigenvalue weighted by Crippen LogP contribution is -2.32. The molecule has 5 heteroatoms. The summed E-state index contributed by atoms with van der Waals surface area (Å²) in [5.74, 6) is 0.784. The second-order valence-electron chi connectivity index (χ2n) is 7.69. The van der Waals surface area contributed by atoms with Gasteiger partial charge in [-0.2, -0.15) is 5.10 Å². The number of methoxy groups -OCH3 is 1. The first-order chi connectivity index (χ1) is 13.8. The number of carbonyl (C=O) groups excluding carboxylic acids is 1. The molecule has 29 heavy (non-hydrogen) atoms. The van der Waals surface area contributed by atoms with E-state index in [9.17, 15) is 4.79 Å². The predicted molar refractivity (Wildman–Crippen MR) is 114 cm³/mol. The maximum Gasteiger partial charge on any atom is 0.161 e. The highest BCUT2D eigenvalue weighted by atomic mass is 16.5. The molecule has 0 fully saturated rings. The number of ketones is 1. The number of aryl methyl sites for hydroxylation is 1. The summed E-state index contributed by atoms with van der Waals surface area (Å²) in [6, 6.07) is 18.2. The zero-order chi connectivity index (χ0) is 21.0. The molecule has 0 aliphatic carbocycles. The first-order valence-corrected chi connectivity index (χ1v) is 9.71. The number of rotatable bonds is 8. The molecule has 0 radical (unpaired) electrons. The topological polar surface area (TPSA) is 53.4 Å². The Bertz CT molecular complexity index is 1000. The van der Waals surface area contributed by atoms with Crippen LogP contribution in [0.2, 0.25) is 0 Å². The van der Waals surface area contributed by atoms with E-state index in [1.54, 1.807) is 27.9 Å². The minimum absolute atomic E-state index is 0.00939. The highest BCUT2D eigenvalue weighted by Crippen LogP contribution is 2.27. The molecule has 0 N–H and O–H groups in total. The van der Waals surface area contributed by atoms with Crippen molar-refractivity contribution in [2.45, 2.75) is 46.4 Å². The van der Waals surface area contributed by atoms with Crippen molar-refractivity contribution in [2.75, 3.05) is 7.11 Å². The highest BCUT2D eigenvalue weighted by Gasteiger charge is 2.25. The van der Waals surface area contributed by atoms with Crippen LogP contribution in [-0.2, 0) is 22.7 Å². The number of hydrogen-bond acceptors (Lipinski definition) is 4. The molecule has 0 aliphatic rings. The lowest BCUT2D eigenvalue weighted by Gasteiger charge is -2.21. The van der Waals surface area contributed by atoms with Gasteiger partial charge in [0.15, 0.2) is 5.78 Å². The number of ether oxygens (including phenoxy) is 2. The van der Waals surface area contributed by atoms with Crippen LogP contribution in [0.1, 0.15) is 37.6 Å². The van der Waals surface area contributed by atoms with Crippen LogP contribution in [-0.4, -0.2) is 28.3 Å². The third-order valence-corrected chi connectivity index (χ3v) is 5.21. The molecule has 1 heterocycles. The lowest BCUT2D eigenvalue weighted by atomic mass is 10.1. The van der Waals surface area contributed by atoms with E-state index < -0.39 is 5.60 Å². The van der Waals surface area contributed by atoms with Gasteiger partial charge in [-0.3, -0.25) is 9.48 Å². The largest absolute Gasteiger partial charge is 0.497 e. The van der Waals surface area contributed by atoms with Crippen LogP contribution in [0, 0.1) is 6.92 Å². The fourth-order valence-corrected chi connectivity index (χ4v) is 2.98. The zero-order valence-electron chi connectivity index (χ0n) is 17.7. The van der Waals surface area contributed by atoms with Crippen molar-refractivity contribution in [3.8, 4) is 17.0 Å². The van der Waals surface area contributed by atoms with Crippen LogP contribution in [0.25, 0.3) is 11.3 Å². The van der Waals surface area contributed by atoms with Gasteiger partial charge in [-0.15, -0.1) is 0 Å². The molecule has 0 amide bonds. The van der Waals surface area contributed by atoms with E-state index in [0.717, 1.165) is 22.7 Å². The molecule has 0 spiro atoms. The van der Waals surface area contributed by atoms with Crippen molar-refractivity contribution >= 4 is 5.78 Å². The van der Waals surface area contributed by atoms with Gasteiger partial charge >= 0.3 is 0 Å². The molecule has 2 aromatic carbocycles. The molecular formula is C24H28N2O3. The standard InChI is InChI=1S/C24H28N2O3/c1-17-9-6-7-10-20(17)15-26-23(19-11-8-12-22(13-19)28-5)14-21(25-26)16-29-24(3,4)18(2)27/h6-14H,15-16H2,1-5H3. The van der Waals surface area contributed by atoms with Crippen molar-refractivity contribution in [3.63, 3.8) is 0 Å². The number of aromatic nitrogens is 2. The maximum absolute atomic E-state index is 11.8. The van der Waals surface area contributed by atoms with Crippen LogP contribution in [0.4, 0.5) is 0 Å². The summed E-state index contributed by atoms with van der Waals surface area (Å²) in [4.78, 5) is 11.8. The van der Waals surface area contributed by atoms with Gasteiger partial charge < -0.3 is 9.47 Å². The fraction of sp³-hybridized carbons (Fsp3) is 0.333. The highest BCUT2D eigenvalue weighted by molar-refractivity contribution is 5.83. The Balaban J connectivity index is 1.96. The van der Waals surface area contributed by atoms with E-state index >= 15 is 0 Å². The van der Waals surface area contributed by atoms with E-state index in [4.69, 9.17) is 14.6 Å². The molecule has 1 aromatic heterocycles. The second kappa shape index (κ2) is 8.62. The third kappa shape index (κ3) is 4.93. The van der Waals surface area contributed by atoms with Gasteiger partial charge in [0.1, 0.15) is 11.4 Å². The van der Waals surface area contributed by atoms with Crippen LogP contribution >= 0.6 is 0 Å². The van der Waals surface area contributed by atoms with Gasteiger partial charge in [-0.1, -0.05) is 36.4 Å². The number of carbonyl (C=O) groups is 1. The number of benzene rings is 2. The summed E-state index contributed by atoms with van der Waals surface area (Å²) < 4.78 is 13.2. The Hall–Kier alpha value is -2.92. The number of hydrogen-bond donors (Lipinski definition) is 0. The molecule has 0 saturated heterocycles. The molecule has 3 rings (SSSR count). The lowest BCUT2D eigenvalue weighted by molar-refractivity contribution is -0.139. The zero-order valence-corrected chi connectivity index (χ0v) is 17.7. The Morgan fingerprint density at radius 1 is 1.10 bits per heavy atom. The van der Waals surface area contributed by atoms with Gasteiger partial charge in [0, 0.05) is 5.56 Å². The Morgan fingerprint density at radius 3 is 2.55 bits per heavy atom. The van der Waals surface area contributed by atoms with Gasteiger partial charge in [0.2, 0.25) is 0 Å². The molecule has 0 aliphatic heterocycles. The van der Waals surface area contributed by atoms with E-state index in [1.165, 1.54) is 11.1 Å². The van der Waals surface area contributed by atoms with Crippen LogP contribution in [0.5, 0.6) is 5.75 Å². The molecular weight excluding hydrogens is 364 g/mol. The van der Waals surface area contributed by atoms with E-state index in [0.29, 0.717) is 6.54 Å². The first-order valence-electron chi connectivity index (χ1n) is 9.71. The number of Topliss-reactive ketones (excluding diaryl/α,β-unsaturated/α-hetero) is 1. The van der Waals surface area contributed by atoms with Crippen molar-refractivity contribution in [2.24, 2.45) is 0 Å². The molecule has 0 unspecified atom stereocenters. The smallest absolute Gasteiger partial charge is 0.161 e. The summed E-state index contributed by atoms with van der Waals surface area (Å²) in [5.41, 5.74) is 4.36. The summed E-state index contributed by atoms with van der Waals surface area (Å²) in [5, 5.41) is 4.78. The molecule has 152 valence electrons. The maximum atomic E-state index is 11.8. The Labute approximate surface area is 172 Å². The van der Waals surface area contributed by atoms with Gasteiger partial charge in [0.05, 0.1) is 31.6 Å². The summed E-state index contributed by atoms with van der Waals surface area (Å²) in [6.45, 7) is 8.12. The summed E-state index contributed by atoms with van der Waals surface area (Å²) in [7, 11) is 1.66. The molecule has 5 nitrogen and oxygen atoms in total. The monoisotopic (exact) mass is 392 g/mol. The van der Waals surface area contributed by atoms with Gasteiger partial charge in [0.25, 0.3) is 0 Å². The van der Waals surface area contributed by atoms with Crippen molar-refractivity contribution in [1.82, 2.24) is 9.78 Å². The third-order valence-electron chi connectivity index (χ3n) is 5.21. The molecule has 0 bridgehead atoms. The Morgan fingerprint density at radius 2 is 1.86 bits per heavy atom. The predicted octanol–water partition coefficient (Wildman–Crippen LogP) is 4.80. The van der Waals surface area contributed by atoms with Crippen LogP contribution in [0.3, 0.4) is 0 Å². The number of nitrogens with zero attached hydrogens (tertiary/aromatic N) is 2. The van der Waals surface area contributed by atoms with Crippen molar-refractivity contribution < 1.29 is 14.3 Å². The SMILES string of the molecule is COc1cccc(-c2cc(COC(C)(C)C(C)=O)nn2Cc2ccccc2C)c1. The van der Waals surface area contributed by atoms with Crippen molar-refractivity contribution in [1.29, 1.82) is 0 Å². The van der Waals surface area contributed by atoms with E-state index in [1.807, 2.05) is 47.1 Å². The van der Waals surface area contributed by atoms with Gasteiger partial charge in [-0.05, 0) is 57.0 Å². The van der Waals surface area contributed by atoms with Crippen molar-refractivity contribution in [3.05, 3.63) is 71.4 Å². The fourth-order valence-electron chi connectivity index (χ4n) is 2.98. The van der Waals surface area contributed by atoms with E-state index in [-0.39, 0.29) is 12.4 Å². The molecule has 3 aromatic rings. The van der Waals surface area contributed by atoms with Gasteiger partial charge in [-0.25, -0.2) is 0 Å². The normalized spacial score (nSPS) is 11.5. The minimum Gasteiger partial charge on any atom is -0.497 e. The van der Waals surface area contributed by atoms with Crippen LogP contribution < -0.4 is 4.74 Å². The second-order valence-corrected chi connectivity index (χ2v) is 7.69. The quantitative estimate of drug-likeness (QED) is 0.553. The first kappa shape index (κ1) is 20.8. The Kier molecular flexibility index (Phi) is 6.18. The summed E-state index contributed by atoms with van der Waals surface area (Å²) >= 11 is 0. The minimum atomic E-state index is -0.837. The average molecular weight is 392 g/mol. The average Bonchev–Trinajstić information content (AvgIpc) is 3.11. The van der Waals surface area contributed by atoms with E-state index in [2.05, 4.69) is 19.1 Å². The molecule has 0 saturated carbocycles. The summed E-state index contributed by atoms with van der Waals surface area (Å²) in [6.07, 6.45) is 0. The molecule has 0 atom stereocenters.